The van der Waals surface area contributed by atoms with E-state index in [2.05, 4.69) is 61.6 Å². The van der Waals surface area contributed by atoms with E-state index in [-0.39, 0.29) is 17.2 Å². The Kier molecular flexibility index (Phi) is 4.02. The Morgan fingerprint density at radius 1 is 0.966 bits per heavy atom. The van der Waals surface area contributed by atoms with E-state index in [1.54, 1.807) is 7.11 Å². The molecule has 146 valence electrons. The number of hydrogen-bond donors (Lipinski definition) is 1. The first kappa shape index (κ1) is 18.0. The predicted octanol–water partition coefficient (Wildman–Crippen LogP) is 6.16. The van der Waals surface area contributed by atoms with Gasteiger partial charge in [0.15, 0.2) is 5.78 Å². The lowest BCUT2D eigenvalue weighted by atomic mass is 9.68. The molecule has 3 aromatic rings. The van der Waals surface area contributed by atoms with Gasteiger partial charge in [0, 0.05) is 23.2 Å². The predicted molar refractivity (Wildman–Crippen MR) is 118 cm³/mol. The van der Waals surface area contributed by atoms with Gasteiger partial charge in [-0.15, -0.1) is 0 Å². The van der Waals surface area contributed by atoms with E-state index in [9.17, 15) is 4.79 Å². The normalized spacial score (nSPS) is 20.1. The summed E-state index contributed by atoms with van der Waals surface area (Å²) in [5, 5.41) is 6.10. The van der Waals surface area contributed by atoms with E-state index in [1.165, 1.54) is 16.3 Å². The number of anilines is 1. The van der Waals surface area contributed by atoms with Crippen molar-refractivity contribution in [2.24, 2.45) is 5.41 Å². The van der Waals surface area contributed by atoms with Crippen LogP contribution in [-0.2, 0) is 4.79 Å². The molecule has 0 spiro atoms. The largest absolute Gasteiger partial charge is 0.497 e. The summed E-state index contributed by atoms with van der Waals surface area (Å²) in [7, 11) is 1.68. The molecule has 3 heteroatoms. The van der Waals surface area contributed by atoms with Gasteiger partial charge in [-0.3, -0.25) is 4.79 Å². The lowest BCUT2D eigenvalue weighted by molar-refractivity contribution is -0.116. The summed E-state index contributed by atoms with van der Waals surface area (Å²) >= 11 is 0. The minimum Gasteiger partial charge on any atom is -0.497 e. The molecule has 0 bridgehead atoms. The molecular weight excluding hydrogens is 358 g/mol. The molecule has 1 aliphatic carbocycles. The molecule has 0 amide bonds. The van der Waals surface area contributed by atoms with Crippen LogP contribution in [0.2, 0.25) is 0 Å². The Hall–Kier alpha value is -3.07. The zero-order chi connectivity index (χ0) is 20.2. The maximum absolute atomic E-state index is 13.3. The third-order valence-corrected chi connectivity index (χ3v) is 6.16. The molecule has 1 heterocycles. The van der Waals surface area contributed by atoms with Crippen LogP contribution in [0.3, 0.4) is 0 Å². The number of ketones is 1. The molecule has 2 aliphatic rings. The summed E-state index contributed by atoms with van der Waals surface area (Å²) in [5.41, 5.74) is 5.34. The quantitative estimate of drug-likeness (QED) is 0.576. The topological polar surface area (TPSA) is 38.3 Å². The van der Waals surface area contributed by atoms with Gasteiger partial charge >= 0.3 is 0 Å². The van der Waals surface area contributed by atoms with E-state index in [4.69, 9.17) is 4.74 Å². The molecule has 0 saturated heterocycles. The Morgan fingerprint density at radius 3 is 2.34 bits per heavy atom. The molecule has 0 fully saturated rings. The number of nitrogens with one attached hydrogen (secondary N) is 1. The second kappa shape index (κ2) is 6.48. The first-order valence-corrected chi connectivity index (χ1v) is 10.2. The summed E-state index contributed by atoms with van der Waals surface area (Å²) in [6, 6.07) is 20.9. The van der Waals surface area contributed by atoms with E-state index in [0.29, 0.717) is 6.42 Å². The van der Waals surface area contributed by atoms with Crippen LogP contribution < -0.4 is 10.1 Å². The van der Waals surface area contributed by atoms with Crippen LogP contribution in [0.15, 0.2) is 66.2 Å². The first-order valence-electron chi connectivity index (χ1n) is 10.2. The number of ether oxygens (including phenoxy) is 1. The smallest absolute Gasteiger partial charge is 0.164 e. The average Bonchev–Trinajstić information content (AvgIpc) is 2.70. The van der Waals surface area contributed by atoms with Gasteiger partial charge in [-0.2, -0.15) is 0 Å². The Balaban J connectivity index is 1.73. The van der Waals surface area contributed by atoms with Crippen molar-refractivity contribution in [3.05, 3.63) is 77.4 Å². The van der Waals surface area contributed by atoms with E-state index >= 15 is 0 Å². The summed E-state index contributed by atoms with van der Waals surface area (Å²) in [4.78, 5) is 13.3. The minimum atomic E-state index is -0.0311. The Bertz CT molecular complexity index is 1160. The van der Waals surface area contributed by atoms with Crippen molar-refractivity contribution < 1.29 is 9.53 Å². The SMILES string of the molecule is COc1ccc([C@H]2Nc3cc4ccccc4cc3C3=C2CC(C)(C)CC3=O)cc1. The number of fused-ring (bicyclic) bond motifs is 3. The van der Waals surface area contributed by atoms with Gasteiger partial charge in [0.05, 0.1) is 13.2 Å². The fraction of sp³-hybridized carbons (Fsp3) is 0.269. The van der Waals surface area contributed by atoms with Gasteiger partial charge in [0.25, 0.3) is 0 Å². The molecule has 1 aliphatic heterocycles. The van der Waals surface area contributed by atoms with Crippen LogP contribution in [0, 0.1) is 5.41 Å². The van der Waals surface area contributed by atoms with Crippen molar-refractivity contribution in [3.63, 3.8) is 0 Å². The fourth-order valence-electron chi connectivity index (χ4n) is 4.83. The number of benzene rings is 3. The third-order valence-electron chi connectivity index (χ3n) is 6.16. The number of rotatable bonds is 2. The van der Waals surface area contributed by atoms with Crippen molar-refractivity contribution in [1.29, 1.82) is 0 Å². The van der Waals surface area contributed by atoms with Crippen molar-refractivity contribution >= 4 is 27.8 Å². The van der Waals surface area contributed by atoms with Gasteiger partial charge in [-0.05, 0) is 58.0 Å². The maximum atomic E-state index is 13.3. The van der Waals surface area contributed by atoms with Crippen molar-refractivity contribution in [1.82, 2.24) is 0 Å². The van der Waals surface area contributed by atoms with Crippen LogP contribution in [0.4, 0.5) is 5.69 Å². The maximum Gasteiger partial charge on any atom is 0.164 e. The van der Waals surface area contributed by atoms with Gasteiger partial charge in [0.2, 0.25) is 0 Å². The molecular formula is C26H25NO2. The summed E-state index contributed by atoms with van der Waals surface area (Å²) in [6.07, 6.45) is 1.50. The average molecular weight is 383 g/mol. The Labute approximate surface area is 171 Å². The zero-order valence-corrected chi connectivity index (χ0v) is 17.1. The van der Waals surface area contributed by atoms with Gasteiger partial charge in [-0.25, -0.2) is 0 Å². The van der Waals surface area contributed by atoms with Crippen molar-refractivity contribution in [2.75, 3.05) is 12.4 Å². The lowest BCUT2D eigenvalue weighted by Gasteiger charge is -2.40. The number of carbonyl (C=O) groups excluding carboxylic acids is 1. The van der Waals surface area contributed by atoms with E-state index in [1.807, 2.05) is 18.2 Å². The molecule has 1 N–H and O–H groups in total. The van der Waals surface area contributed by atoms with Crippen molar-refractivity contribution in [2.45, 2.75) is 32.7 Å². The van der Waals surface area contributed by atoms with E-state index in [0.717, 1.165) is 34.6 Å². The van der Waals surface area contributed by atoms with Crippen LogP contribution in [0.25, 0.3) is 16.3 Å². The Morgan fingerprint density at radius 2 is 1.66 bits per heavy atom. The van der Waals surface area contributed by atoms with Crippen LogP contribution in [0.1, 0.15) is 43.9 Å². The van der Waals surface area contributed by atoms with Crippen LogP contribution in [-0.4, -0.2) is 12.9 Å². The van der Waals surface area contributed by atoms with Gasteiger partial charge in [-0.1, -0.05) is 50.2 Å². The third kappa shape index (κ3) is 3.02. The highest BCUT2D eigenvalue weighted by atomic mass is 16.5. The number of Topliss-reactive ketones (excluding diaryl/α,β-unsaturated/α-hetero) is 1. The number of hydrogen-bond acceptors (Lipinski definition) is 3. The first-order chi connectivity index (χ1) is 13.9. The molecule has 0 radical (unpaired) electrons. The van der Waals surface area contributed by atoms with Crippen LogP contribution in [0.5, 0.6) is 5.75 Å². The number of carbonyl (C=O) groups is 1. The highest BCUT2D eigenvalue weighted by Gasteiger charge is 2.40. The second-order valence-corrected chi connectivity index (χ2v) is 8.94. The molecule has 3 nitrogen and oxygen atoms in total. The highest BCUT2D eigenvalue weighted by Crippen LogP contribution is 2.50. The fourth-order valence-corrected chi connectivity index (χ4v) is 4.83. The molecule has 0 saturated carbocycles. The highest BCUT2D eigenvalue weighted by molar-refractivity contribution is 6.25. The monoisotopic (exact) mass is 383 g/mol. The van der Waals surface area contributed by atoms with Crippen molar-refractivity contribution in [3.8, 4) is 5.75 Å². The number of allylic oxidation sites excluding steroid dienone is 1. The molecule has 3 aromatic carbocycles. The summed E-state index contributed by atoms with van der Waals surface area (Å²) < 4.78 is 5.33. The molecule has 1 atom stereocenters. The second-order valence-electron chi connectivity index (χ2n) is 8.94. The summed E-state index contributed by atoms with van der Waals surface area (Å²) in [5.74, 6) is 1.10. The zero-order valence-electron chi connectivity index (χ0n) is 17.1. The molecule has 5 rings (SSSR count). The lowest BCUT2D eigenvalue weighted by Crippen LogP contribution is -2.32. The van der Waals surface area contributed by atoms with E-state index < -0.39 is 0 Å². The molecule has 29 heavy (non-hydrogen) atoms. The van der Waals surface area contributed by atoms with Crippen LogP contribution >= 0.6 is 0 Å². The molecule has 0 unspecified atom stereocenters. The minimum absolute atomic E-state index is 0.00640. The standard InChI is InChI=1S/C26H25NO2/c1-26(2)14-21-24(23(28)15-26)20-12-17-6-4-5-7-18(17)13-22(20)27-25(21)16-8-10-19(29-3)11-9-16/h4-13,25,27H,14-15H2,1-3H3/t25-/m1/s1. The summed E-state index contributed by atoms with van der Waals surface area (Å²) in [6.45, 7) is 4.38. The molecule has 0 aromatic heterocycles. The number of methoxy groups -OCH3 is 1. The van der Waals surface area contributed by atoms with Gasteiger partial charge in [0.1, 0.15) is 5.75 Å². The van der Waals surface area contributed by atoms with Gasteiger partial charge < -0.3 is 10.1 Å².